The predicted molar refractivity (Wildman–Crippen MR) is 163 cm³/mol. The van der Waals surface area contributed by atoms with E-state index in [4.69, 9.17) is 0 Å². The molecule has 0 saturated carbocycles. The van der Waals surface area contributed by atoms with Gasteiger partial charge >= 0.3 is 0 Å². The zero-order valence-corrected chi connectivity index (χ0v) is 26.7. The monoisotopic (exact) mass is 555 g/mol. The third kappa shape index (κ3) is 8.16. The van der Waals surface area contributed by atoms with E-state index >= 15 is 0 Å². The first-order chi connectivity index (χ1) is 18.5. The molecule has 1 fully saturated rings. The Balaban J connectivity index is 2.29. The van der Waals surface area contributed by atoms with Crippen molar-refractivity contribution in [1.29, 1.82) is 0 Å². The van der Waals surface area contributed by atoms with E-state index in [1.807, 2.05) is 96.7 Å². The number of hydrogen-bond donors (Lipinski definition) is 2. The van der Waals surface area contributed by atoms with Crippen molar-refractivity contribution in [2.45, 2.75) is 78.9 Å². The number of nitrogens with zero attached hydrogens (tertiary/aromatic N) is 3. The molecule has 1 aliphatic rings. The van der Waals surface area contributed by atoms with Gasteiger partial charge in [0.2, 0.25) is 17.7 Å². The molecule has 0 aromatic heterocycles. The van der Waals surface area contributed by atoms with E-state index in [0.717, 1.165) is 18.7 Å². The molecule has 2 N–H and O–H groups in total. The minimum Gasteiger partial charge on any atom is -0.342 e. The van der Waals surface area contributed by atoms with Crippen LogP contribution in [0.2, 0.25) is 0 Å². The fourth-order valence-corrected chi connectivity index (χ4v) is 5.42. The van der Waals surface area contributed by atoms with Crippen LogP contribution in [-0.4, -0.2) is 97.9 Å². The van der Waals surface area contributed by atoms with E-state index in [1.54, 1.807) is 19.0 Å². The lowest BCUT2D eigenvalue weighted by atomic mass is 9.76. The van der Waals surface area contributed by atoms with E-state index < -0.39 is 22.9 Å². The van der Waals surface area contributed by atoms with Gasteiger partial charge in [-0.25, -0.2) is 0 Å². The maximum atomic E-state index is 14.1. The number of hydrogen-bond acceptors (Lipinski definition) is 5. The van der Waals surface area contributed by atoms with Crippen molar-refractivity contribution in [3.8, 4) is 0 Å². The summed E-state index contributed by atoms with van der Waals surface area (Å²) < 4.78 is 0. The van der Waals surface area contributed by atoms with Crippen molar-refractivity contribution < 1.29 is 14.4 Å². The van der Waals surface area contributed by atoms with Crippen LogP contribution < -0.4 is 10.6 Å². The van der Waals surface area contributed by atoms with Crippen LogP contribution in [0.25, 0.3) is 0 Å². The van der Waals surface area contributed by atoms with Crippen LogP contribution in [0.15, 0.2) is 42.0 Å². The summed E-state index contributed by atoms with van der Waals surface area (Å²) in [4.78, 5) is 46.8. The first-order valence-electron chi connectivity index (χ1n) is 14.5. The first kappa shape index (κ1) is 33.5. The van der Waals surface area contributed by atoms with E-state index in [2.05, 4.69) is 22.6 Å². The van der Waals surface area contributed by atoms with Gasteiger partial charge in [0.15, 0.2) is 0 Å². The highest BCUT2D eigenvalue weighted by molar-refractivity contribution is 5.94. The zero-order chi connectivity index (χ0) is 30.4. The Morgan fingerprint density at radius 2 is 1.50 bits per heavy atom. The molecule has 1 aromatic carbocycles. The molecular formula is C32H53N5O3. The lowest BCUT2D eigenvalue weighted by Gasteiger charge is -2.40. The summed E-state index contributed by atoms with van der Waals surface area (Å²) >= 11 is 0. The molecule has 40 heavy (non-hydrogen) atoms. The number of benzene rings is 1. The van der Waals surface area contributed by atoms with Crippen molar-refractivity contribution in [1.82, 2.24) is 25.3 Å². The van der Waals surface area contributed by atoms with Crippen LogP contribution in [0, 0.1) is 11.3 Å². The van der Waals surface area contributed by atoms with Crippen molar-refractivity contribution in [3.63, 3.8) is 0 Å². The Bertz CT molecular complexity index is 1040. The van der Waals surface area contributed by atoms with E-state index in [0.29, 0.717) is 18.7 Å². The molecule has 0 spiro atoms. The second-order valence-corrected chi connectivity index (χ2v) is 13.2. The van der Waals surface area contributed by atoms with Crippen molar-refractivity contribution in [2.24, 2.45) is 11.3 Å². The van der Waals surface area contributed by atoms with Gasteiger partial charge in [-0.3, -0.25) is 14.4 Å². The Labute approximate surface area is 242 Å². The van der Waals surface area contributed by atoms with Gasteiger partial charge in [-0.1, -0.05) is 84.9 Å². The molecule has 8 nitrogen and oxygen atoms in total. The number of rotatable bonds is 10. The van der Waals surface area contributed by atoms with Crippen LogP contribution >= 0.6 is 0 Å². The predicted octanol–water partition coefficient (Wildman–Crippen LogP) is 3.29. The number of likely N-dealkylation sites (N-methyl/N-ethyl adjacent to an activating group) is 3. The molecular weight excluding hydrogens is 502 g/mol. The van der Waals surface area contributed by atoms with Gasteiger partial charge in [0, 0.05) is 44.2 Å². The highest BCUT2D eigenvalue weighted by atomic mass is 16.2. The lowest BCUT2D eigenvalue weighted by molar-refractivity contribution is -0.141. The summed E-state index contributed by atoms with van der Waals surface area (Å²) in [5, 5.41) is 6.28. The molecule has 1 heterocycles. The van der Waals surface area contributed by atoms with E-state index in [1.165, 1.54) is 0 Å². The number of amides is 3. The Morgan fingerprint density at radius 3 is 1.98 bits per heavy atom. The van der Waals surface area contributed by atoms with E-state index in [-0.39, 0.29) is 29.7 Å². The smallest absolute Gasteiger partial charge is 0.249 e. The number of nitrogens with one attached hydrogen (secondary N) is 2. The van der Waals surface area contributed by atoms with Gasteiger partial charge in [0.25, 0.3) is 0 Å². The lowest BCUT2D eigenvalue weighted by Crippen LogP contribution is -2.61. The molecule has 0 bridgehead atoms. The van der Waals surface area contributed by atoms with Crippen molar-refractivity contribution in [3.05, 3.63) is 47.5 Å². The second-order valence-electron chi connectivity index (χ2n) is 13.2. The second kappa shape index (κ2) is 13.8. The molecule has 1 aromatic rings. The van der Waals surface area contributed by atoms with Gasteiger partial charge in [-0.2, -0.15) is 0 Å². The van der Waals surface area contributed by atoms with Gasteiger partial charge in [-0.15, -0.1) is 0 Å². The highest BCUT2D eigenvalue weighted by Crippen LogP contribution is 2.29. The van der Waals surface area contributed by atoms with E-state index in [9.17, 15) is 14.4 Å². The molecule has 0 aliphatic carbocycles. The fraction of sp³-hybridized carbons (Fsp3) is 0.656. The number of carbonyl (C=O) groups excluding carboxylic acids is 3. The summed E-state index contributed by atoms with van der Waals surface area (Å²) in [5.74, 6) is -0.318. The van der Waals surface area contributed by atoms with Crippen LogP contribution in [0.5, 0.6) is 0 Å². The quantitative estimate of drug-likeness (QED) is 0.433. The zero-order valence-electron chi connectivity index (χ0n) is 26.7. The Morgan fingerprint density at radius 1 is 0.950 bits per heavy atom. The molecule has 8 heteroatoms. The molecule has 2 rings (SSSR count). The van der Waals surface area contributed by atoms with Gasteiger partial charge in [0.1, 0.15) is 6.04 Å². The molecule has 1 saturated heterocycles. The third-order valence-electron chi connectivity index (χ3n) is 8.22. The topological polar surface area (TPSA) is 85.0 Å². The van der Waals surface area contributed by atoms with Crippen LogP contribution in [0.4, 0.5) is 0 Å². The summed E-state index contributed by atoms with van der Waals surface area (Å²) in [6.07, 6.45) is 1.92. The SMILES string of the molecule is CN[C@H](C(=O)N[C@@H](C(=O)N(C)[C@@H](/C=C(\C)C(=O)N1CCN(C)CC1)C(C)C)C(C)(C)C)C(C)(C)c1ccccc1. The Hall–Kier alpha value is -2.71. The average molecular weight is 556 g/mol. The minimum absolute atomic E-state index is 0.0141. The molecule has 0 radical (unpaired) electrons. The summed E-state index contributed by atoms with van der Waals surface area (Å²) in [6, 6.07) is 8.32. The molecule has 1 aliphatic heterocycles. The van der Waals surface area contributed by atoms with Crippen LogP contribution in [0.1, 0.15) is 61.0 Å². The molecule has 0 unspecified atom stereocenters. The standard InChI is InChI=1S/C32H53N5O3/c1-22(2)25(21-23(3)29(39)37-19-17-35(10)18-20-37)36(11)30(40)27(31(4,5)6)34-28(38)26(33-9)32(7,8)24-15-13-12-14-16-24/h12-16,21-22,25-27,33H,17-20H2,1-11H3,(H,34,38)/b23-21+/t25-,26+,27-/m0/s1. The summed E-state index contributed by atoms with van der Waals surface area (Å²) in [7, 11) is 5.60. The Kier molecular flexibility index (Phi) is 11.5. The normalized spacial score (nSPS) is 17.8. The van der Waals surface area contributed by atoms with Gasteiger partial charge < -0.3 is 25.3 Å². The highest BCUT2D eigenvalue weighted by Gasteiger charge is 2.41. The fourth-order valence-electron chi connectivity index (χ4n) is 5.42. The molecule has 224 valence electrons. The third-order valence-corrected chi connectivity index (χ3v) is 8.22. The van der Waals surface area contributed by atoms with Gasteiger partial charge in [0.05, 0.1) is 12.1 Å². The minimum atomic E-state index is -0.754. The van der Waals surface area contributed by atoms with Gasteiger partial charge in [-0.05, 0) is 37.9 Å². The first-order valence-corrected chi connectivity index (χ1v) is 14.5. The summed E-state index contributed by atoms with van der Waals surface area (Å²) in [5.41, 5.74) is 0.623. The number of carbonyl (C=O) groups is 3. The number of piperazine rings is 1. The molecule has 3 amide bonds. The summed E-state index contributed by atoms with van der Waals surface area (Å²) in [6.45, 7) is 19.0. The average Bonchev–Trinajstić information content (AvgIpc) is 2.89. The maximum absolute atomic E-state index is 14.1. The van der Waals surface area contributed by atoms with Crippen molar-refractivity contribution >= 4 is 17.7 Å². The molecule has 3 atom stereocenters. The van der Waals surface area contributed by atoms with Crippen LogP contribution in [0.3, 0.4) is 0 Å². The largest absolute Gasteiger partial charge is 0.342 e. The maximum Gasteiger partial charge on any atom is 0.249 e. The van der Waals surface area contributed by atoms with Crippen LogP contribution in [-0.2, 0) is 19.8 Å². The van der Waals surface area contributed by atoms with Crippen molar-refractivity contribution in [2.75, 3.05) is 47.3 Å².